The number of Topliss-reactive ketones (excluding diaryl/α,β-unsaturated/α-hetero) is 1. The Morgan fingerprint density at radius 3 is 2.60 bits per heavy atom. The summed E-state index contributed by atoms with van der Waals surface area (Å²) in [6.45, 7) is 2.84. The van der Waals surface area contributed by atoms with Gasteiger partial charge in [0.25, 0.3) is 0 Å². The minimum Gasteiger partial charge on any atom is -0.343 e. The molecule has 0 spiro atoms. The summed E-state index contributed by atoms with van der Waals surface area (Å²) in [6, 6.07) is 2.27. The highest BCUT2D eigenvalue weighted by atomic mass is 19.1. The second-order valence-electron chi connectivity index (χ2n) is 4.95. The van der Waals surface area contributed by atoms with Gasteiger partial charge in [-0.2, -0.15) is 0 Å². The monoisotopic (exact) mass is 282 g/mol. The van der Waals surface area contributed by atoms with Gasteiger partial charge in [-0.25, -0.2) is 8.78 Å². The standard InChI is InChI=1S/C14H16F2N2O2/c1-9(18-6-5-17(2)13(19)8-18)14(20)11-4-3-10(15)7-12(11)16/h3-4,7,9H,5-6,8H2,1-2H3. The van der Waals surface area contributed by atoms with Crippen molar-refractivity contribution in [1.29, 1.82) is 0 Å². The summed E-state index contributed by atoms with van der Waals surface area (Å²) in [5, 5.41) is 0. The molecule has 1 heterocycles. The topological polar surface area (TPSA) is 40.6 Å². The maximum absolute atomic E-state index is 13.6. The molecule has 0 saturated carbocycles. The van der Waals surface area contributed by atoms with Gasteiger partial charge in [0.2, 0.25) is 5.91 Å². The van der Waals surface area contributed by atoms with Crippen molar-refractivity contribution in [2.75, 3.05) is 26.7 Å². The summed E-state index contributed by atoms with van der Waals surface area (Å²) in [5.41, 5.74) is -0.148. The van der Waals surface area contributed by atoms with Crippen molar-refractivity contribution in [1.82, 2.24) is 9.80 Å². The van der Waals surface area contributed by atoms with Crippen molar-refractivity contribution in [2.24, 2.45) is 0 Å². The van der Waals surface area contributed by atoms with E-state index in [1.165, 1.54) is 0 Å². The minimum atomic E-state index is -0.873. The molecule has 1 fully saturated rings. The fraction of sp³-hybridized carbons (Fsp3) is 0.429. The largest absolute Gasteiger partial charge is 0.343 e. The molecule has 1 atom stereocenters. The van der Waals surface area contributed by atoms with E-state index in [9.17, 15) is 18.4 Å². The molecule has 0 radical (unpaired) electrons. The second-order valence-corrected chi connectivity index (χ2v) is 4.95. The SMILES string of the molecule is CC(C(=O)c1ccc(F)cc1F)N1CCN(C)C(=O)C1. The Morgan fingerprint density at radius 1 is 1.30 bits per heavy atom. The van der Waals surface area contributed by atoms with Crippen LogP contribution in [0.4, 0.5) is 8.78 Å². The molecule has 0 aliphatic carbocycles. The van der Waals surface area contributed by atoms with E-state index in [0.29, 0.717) is 19.2 Å². The van der Waals surface area contributed by atoms with Crippen molar-refractivity contribution in [3.63, 3.8) is 0 Å². The van der Waals surface area contributed by atoms with E-state index in [4.69, 9.17) is 0 Å². The predicted octanol–water partition coefficient (Wildman–Crippen LogP) is 1.31. The van der Waals surface area contributed by atoms with E-state index in [1.807, 2.05) is 0 Å². The van der Waals surface area contributed by atoms with Crippen molar-refractivity contribution in [2.45, 2.75) is 13.0 Å². The highest BCUT2D eigenvalue weighted by Gasteiger charge is 2.30. The van der Waals surface area contributed by atoms with Crippen LogP contribution in [0, 0.1) is 11.6 Å². The normalized spacial score (nSPS) is 18.2. The van der Waals surface area contributed by atoms with Gasteiger partial charge in [0, 0.05) is 26.2 Å². The van der Waals surface area contributed by atoms with Gasteiger partial charge in [-0.3, -0.25) is 14.5 Å². The van der Waals surface area contributed by atoms with Crippen LogP contribution < -0.4 is 0 Å². The van der Waals surface area contributed by atoms with E-state index in [-0.39, 0.29) is 18.0 Å². The molecule has 0 N–H and O–H groups in total. The first kappa shape index (κ1) is 14.6. The molecule has 1 amide bonds. The molecule has 1 aromatic rings. The van der Waals surface area contributed by atoms with Crippen molar-refractivity contribution >= 4 is 11.7 Å². The average Bonchev–Trinajstić information content (AvgIpc) is 2.40. The first-order chi connectivity index (χ1) is 9.40. The number of halogens is 2. The number of hydrogen-bond acceptors (Lipinski definition) is 3. The average molecular weight is 282 g/mol. The lowest BCUT2D eigenvalue weighted by Gasteiger charge is -2.35. The maximum atomic E-state index is 13.6. The lowest BCUT2D eigenvalue weighted by Crippen LogP contribution is -2.53. The summed E-state index contributed by atoms with van der Waals surface area (Å²) >= 11 is 0. The summed E-state index contributed by atoms with van der Waals surface area (Å²) in [4.78, 5) is 27.2. The molecule has 1 aliphatic rings. The van der Waals surface area contributed by atoms with Gasteiger partial charge >= 0.3 is 0 Å². The van der Waals surface area contributed by atoms with E-state index in [2.05, 4.69) is 0 Å². The number of hydrogen-bond donors (Lipinski definition) is 0. The summed E-state index contributed by atoms with van der Waals surface area (Å²) < 4.78 is 26.5. The van der Waals surface area contributed by atoms with Crippen molar-refractivity contribution in [3.05, 3.63) is 35.4 Å². The van der Waals surface area contributed by atoms with Crippen LogP contribution in [-0.4, -0.2) is 54.2 Å². The lowest BCUT2D eigenvalue weighted by molar-refractivity contribution is -0.134. The van der Waals surface area contributed by atoms with Gasteiger partial charge in [0.1, 0.15) is 11.6 Å². The number of carbonyl (C=O) groups is 2. The first-order valence-electron chi connectivity index (χ1n) is 6.37. The Labute approximate surface area is 116 Å². The van der Waals surface area contributed by atoms with Crippen LogP contribution in [0.25, 0.3) is 0 Å². The molecule has 1 unspecified atom stereocenters. The molecule has 0 aromatic heterocycles. The molecule has 1 saturated heterocycles. The number of rotatable bonds is 3. The van der Waals surface area contributed by atoms with Gasteiger partial charge in [-0.15, -0.1) is 0 Å². The van der Waals surface area contributed by atoms with Crippen LogP contribution in [-0.2, 0) is 4.79 Å². The number of benzene rings is 1. The van der Waals surface area contributed by atoms with Gasteiger partial charge in [-0.05, 0) is 19.1 Å². The van der Waals surface area contributed by atoms with Gasteiger partial charge in [0.05, 0.1) is 18.2 Å². The third-order valence-electron chi connectivity index (χ3n) is 3.61. The van der Waals surface area contributed by atoms with E-state index < -0.39 is 23.5 Å². The quantitative estimate of drug-likeness (QED) is 0.785. The van der Waals surface area contributed by atoms with E-state index >= 15 is 0 Å². The highest BCUT2D eigenvalue weighted by Crippen LogP contribution is 2.16. The van der Waals surface area contributed by atoms with Crippen LogP contribution in [0.1, 0.15) is 17.3 Å². The Kier molecular flexibility index (Phi) is 4.13. The molecule has 20 heavy (non-hydrogen) atoms. The fourth-order valence-electron chi connectivity index (χ4n) is 2.19. The molecule has 1 aliphatic heterocycles. The fourth-order valence-corrected chi connectivity index (χ4v) is 2.19. The van der Waals surface area contributed by atoms with Crippen LogP contribution in [0.2, 0.25) is 0 Å². The summed E-state index contributed by atoms with van der Waals surface area (Å²) in [6.07, 6.45) is 0. The number of amides is 1. The smallest absolute Gasteiger partial charge is 0.236 e. The Hall–Kier alpha value is -1.82. The zero-order valence-electron chi connectivity index (χ0n) is 11.4. The first-order valence-corrected chi connectivity index (χ1v) is 6.37. The Balaban J connectivity index is 2.14. The summed E-state index contributed by atoms with van der Waals surface area (Å²) in [7, 11) is 1.70. The molecule has 6 heteroatoms. The Morgan fingerprint density at radius 2 is 2.00 bits per heavy atom. The van der Waals surface area contributed by atoms with Crippen molar-refractivity contribution < 1.29 is 18.4 Å². The van der Waals surface area contributed by atoms with Crippen LogP contribution in [0.3, 0.4) is 0 Å². The number of likely N-dealkylation sites (N-methyl/N-ethyl adjacent to an activating group) is 1. The lowest BCUT2D eigenvalue weighted by atomic mass is 10.0. The third kappa shape index (κ3) is 2.85. The van der Waals surface area contributed by atoms with E-state index in [0.717, 1.165) is 12.1 Å². The molecular weight excluding hydrogens is 266 g/mol. The zero-order valence-corrected chi connectivity index (χ0v) is 11.4. The number of carbonyl (C=O) groups excluding carboxylic acids is 2. The highest BCUT2D eigenvalue weighted by molar-refractivity contribution is 6.00. The van der Waals surface area contributed by atoms with Crippen LogP contribution in [0.15, 0.2) is 18.2 Å². The molecule has 4 nitrogen and oxygen atoms in total. The van der Waals surface area contributed by atoms with Crippen LogP contribution in [0.5, 0.6) is 0 Å². The van der Waals surface area contributed by atoms with Gasteiger partial charge in [0.15, 0.2) is 5.78 Å². The van der Waals surface area contributed by atoms with Crippen molar-refractivity contribution in [3.8, 4) is 0 Å². The number of ketones is 1. The Bertz CT molecular complexity index is 548. The molecular formula is C14H16F2N2O2. The van der Waals surface area contributed by atoms with Gasteiger partial charge < -0.3 is 4.90 Å². The second kappa shape index (κ2) is 5.66. The minimum absolute atomic E-state index is 0.0736. The molecule has 0 bridgehead atoms. The molecule has 108 valence electrons. The third-order valence-corrected chi connectivity index (χ3v) is 3.61. The molecule has 1 aromatic carbocycles. The maximum Gasteiger partial charge on any atom is 0.236 e. The molecule has 2 rings (SSSR count). The van der Waals surface area contributed by atoms with E-state index in [1.54, 1.807) is 23.8 Å². The number of piperazine rings is 1. The summed E-state index contributed by atoms with van der Waals surface area (Å²) in [5.74, 6) is -2.11. The number of nitrogens with zero attached hydrogens (tertiary/aromatic N) is 2. The predicted molar refractivity (Wildman–Crippen MR) is 69.4 cm³/mol. The zero-order chi connectivity index (χ0) is 14.9. The van der Waals surface area contributed by atoms with Gasteiger partial charge in [-0.1, -0.05) is 0 Å². The van der Waals surface area contributed by atoms with Crippen LogP contribution >= 0.6 is 0 Å².